The van der Waals surface area contributed by atoms with Gasteiger partial charge in [0.05, 0.1) is 0 Å². The number of benzene rings is 1. The lowest BCUT2D eigenvalue weighted by Gasteiger charge is -2.21. The van der Waals surface area contributed by atoms with Crippen LogP contribution in [0.4, 0.5) is 18.9 Å². The molecule has 0 heterocycles. The molecule has 0 atom stereocenters. The summed E-state index contributed by atoms with van der Waals surface area (Å²) < 4.78 is 36.5. The van der Waals surface area contributed by atoms with Crippen LogP contribution in [0.3, 0.4) is 0 Å². The fraction of sp³-hybridized carbons (Fsp3) is 0.300. The van der Waals surface area contributed by atoms with E-state index >= 15 is 0 Å². The molecule has 0 bridgehead atoms. The Hall–Kier alpha value is -1.30. The summed E-state index contributed by atoms with van der Waals surface area (Å²) in [7, 11) is 1.37. The fourth-order valence-corrected chi connectivity index (χ4v) is 1.38. The summed E-state index contributed by atoms with van der Waals surface area (Å²) in [6.07, 6.45) is -4.23. The first-order valence-corrected chi connectivity index (χ1v) is 4.88. The summed E-state index contributed by atoms with van der Waals surface area (Å²) in [5, 5.41) is 0. The van der Waals surface area contributed by atoms with Gasteiger partial charge in [0.2, 0.25) is 0 Å². The van der Waals surface area contributed by atoms with E-state index in [-0.39, 0.29) is 4.99 Å². The van der Waals surface area contributed by atoms with E-state index in [2.05, 4.69) is 0 Å². The molecule has 0 aliphatic carbocycles. The molecule has 0 aliphatic heterocycles. The average Bonchev–Trinajstić information content (AvgIpc) is 2.15. The Morgan fingerprint density at radius 1 is 1.44 bits per heavy atom. The molecule has 0 saturated heterocycles. The number of hydrogen-bond donors (Lipinski definition) is 1. The van der Waals surface area contributed by atoms with Crippen LogP contribution >= 0.6 is 12.2 Å². The Morgan fingerprint density at radius 2 is 2.06 bits per heavy atom. The summed E-state index contributed by atoms with van der Waals surface area (Å²) in [5.74, 6) is 0. The Morgan fingerprint density at radius 3 is 2.56 bits per heavy atom. The van der Waals surface area contributed by atoms with Crippen LogP contribution in [0.1, 0.15) is 5.56 Å². The molecule has 1 aromatic rings. The van der Waals surface area contributed by atoms with E-state index in [1.807, 2.05) is 0 Å². The predicted octanol–water partition coefficient (Wildman–Crippen LogP) is 2.32. The lowest BCUT2D eigenvalue weighted by Crippen LogP contribution is -2.31. The third kappa shape index (κ3) is 3.69. The number of anilines is 1. The van der Waals surface area contributed by atoms with Gasteiger partial charge in [-0.15, -0.1) is 0 Å². The molecule has 2 nitrogen and oxygen atoms in total. The maximum atomic E-state index is 12.2. The monoisotopic (exact) mass is 248 g/mol. The van der Waals surface area contributed by atoms with Crippen molar-refractivity contribution in [1.29, 1.82) is 0 Å². The highest BCUT2D eigenvalue weighted by molar-refractivity contribution is 7.80. The highest BCUT2D eigenvalue weighted by Crippen LogP contribution is 2.21. The van der Waals surface area contributed by atoms with E-state index in [1.54, 1.807) is 18.2 Å². The van der Waals surface area contributed by atoms with Crippen molar-refractivity contribution in [3.8, 4) is 0 Å². The zero-order valence-electron chi connectivity index (χ0n) is 8.58. The van der Waals surface area contributed by atoms with Gasteiger partial charge in [-0.25, -0.2) is 0 Å². The van der Waals surface area contributed by atoms with Gasteiger partial charge in [-0.05, 0) is 12.1 Å². The maximum absolute atomic E-state index is 12.2. The zero-order valence-corrected chi connectivity index (χ0v) is 9.40. The molecule has 0 amide bonds. The van der Waals surface area contributed by atoms with Gasteiger partial charge in [-0.2, -0.15) is 13.2 Å². The summed E-state index contributed by atoms with van der Waals surface area (Å²) in [4.78, 5) is 1.27. The van der Waals surface area contributed by atoms with Gasteiger partial charge in [0, 0.05) is 18.3 Å². The van der Waals surface area contributed by atoms with Crippen molar-refractivity contribution >= 4 is 22.9 Å². The summed E-state index contributed by atoms with van der Waals surface area (Å²) >= 11 is 4.75. The Balaban J connectivity index is 2.87. The minimum Gasteiger partial charge on any atom is -0.389 e. The Kier molecular flexibility index (Phi) is 3.74. The van der Waals surface area contributed by atoms with E-state index in [1.165, 1.54) is 13.1 Å². The van der Waals surface area contributed by atoms with E-state index < -0.39 is 12.7 Å². The first-order valence-electron chi connectivity index (χ1n) is 4.47. The van der Waals surface area contributed by atoms with Crippen LogP contribution in [-0.2, 0) is 0 Å². The van der Waals surface area contributed by atoms with Crippen LogP contribution in [0, 0.1) is 0 Å². The lowest BCUT2D eigenvalue weighted by atomic mass is 10.2. The number of nitrogens with two attached hydrogens (primary N) is 1. The topological polar surface area (TPSA) is 29.3 Å². The van der Waals surface area contributed by atoms with Gasteiger partial charge >= 0.3 is 6.18 Å². The standard InChI is InChI=1S/C10H11F3N2S/c1-15(6-10(11,12)13)8-4-2-3-7(5-8)9(14)16/h2-5H,6H2,1H3,(H2,14,16). The maximum Gasteiger partial charge on any atom is 0.405 e. The second-order valence-electron chi connectivity index (χ2n) is 3.39. The van der Waals surface area contributed by atoms with Gasteiger partial charge in [-0.1, -0.05) is 24.4 Å². The number of nitrogens with zero attached hydrogens (tertiary/aromatic N) is 1. The molecule has 88 valence electrons. The smallest absolute Gasteiger partial charge is 0.389 e. The van der Waals surface area contributed by atoms with E-state index in [0.717, 1.165) is 4.90 Å². The molecule has 0 unspecified atom stereocenters. The number of rotatable bonds is 3. The van der Waals surface area contributed by atoms with Crippen molar-refractivity contribution in [2.75, 3.05) is 18.5 Å². The molecular formula is C10H11F3N2S. The first kappa shape index (κ1) is 12.8. The average molecular weight is 248 g/mol. The molecule has 1 aromatic carbocycles. The molecule has 16 heavy (non-hydrogen) atoms. The van der Waals surface area contributed by atoms with Crippen LogP contribution in [0.5, 0.6) is 0 Å². The number of alkyl halides is 3. The normalized spacial score (nSPS) is 11.2. The van der Waals surface area contributed by atoms with Crippen molar-refractivity contribution in [2.45, 2.75) is 6.18 Å². The largest absolute Gasteiger partial charge is 0.405 e. The number of hydrogen-bond acceptors (Lipinski definition) is 2. The lowest BCUT2D eigenvalue weighted by molar-refractivity contribution is -0.119. The van der Waals surface area contributed by atoms with E-state index in [0.29, 0.717) is 11.3 Å². The summed E-state index contributed by atoms with van der Waals surface area (Å²) in [6.45, 7) is -1.01. The minimum atomic E-state index is -4.23. The highest BCUT2D eigenvalue weighted by Gasteiger charge is 2.29. The molecule has 0 spiro atoms. The summed E-state index contributed by atoms with van der Waals surface area (Å²) in [6, 6.07) is 6.39. The third-order valence-corrected chi connectivity index (χ3v) is 2.22. The van der Waals surface area contributed by atoms with Crippen molar-refractivity contribution < 1.29 is 13.2 Å². The van der Waals surface area contributed by atoms with Crippen molar-refractivity contribution in [3.05, 3.63) is 29.8 Å². The Labute approximate surface area is 96.8 Å². The molecule has 0 saturated carbocycles. The van der Waals surface area contributed by atoms with Crippen LogP contribution in [0.15, 0.2) is 24.3 Å². The molecule has 1 rings (SSSR count). The third-order valence-electron chi connectivity index (χ3n) is 1.99. The fourth-order valence-electron chi connectivity index (χ4n) is 1.26. The number of halogens is 3. The van der Waals surface area contributed by atoms with Gasteiger partial charge < -0.3 is 10.6 Å². The zero-order chi connectivity index (χ0) is 12.3. The van der Waals surface area contributed by atoms with Gasteiger partial charge in [-0.3, -0.25) is 0 Å². The van der Waals surface area contributed by atoms with Crippen LogP contribution in [0.2, 0.25) is 0 Å². The highest BCUT2D eigenvalue weighted by atomic mass is 32.1. The molecule has 0 aromatic heterocycles. The molecule has 0 fully saturated rings. The molecule has 0 aliphatic rings. The van der Waals surface area contributed by atoms with Crippen LogP contribution < -0.4 is 10.6 Å². The summed E-state index contributed by atoms with van der Waals surface area (Å²) in [5.41, 5.74) is 6.39. The second-order valence-corrected chi connectivity index (χ2v) is 3.83. The molecular weight excluding hydrogens is 237 g/mol. The SMILES string of the molecule is CN(CC(F)(F)F)c1cccc(C(N)=S)c1. The van der Waals surface area contributed by atoms with Crippen molar-refractivity contribution in [1.82, 2.24) is 0 Å². The van der Waals surface area contributed by atoms with Crippen molar-refractivity contribution in [2.24, 2.45) is 5.73 Å². The van der Waals surface area contributed by atoms with Crippen LogP contribution in [-0.4, -0.2) is 24.8 Å². The Bertz CT molecular complexity index is 390. The second kappa shape index (κ2) is 4.69. The quantitative estimate of drug-likeness (QED) is 0.832. The van der Waals surface area contributed by atoms with E-state index in [9.17, 15) is 13.2 Å². The molecule has 2 N–H and O–H groups in total. The first-order chi connectivity index (χ1) is 7.29. The molecule has 0 radical (unpaired) electrons. The predicted molar refractivity (Wildman–Crippen MR) is 61.7 cm³/mol. The van der Waals surface area contributed by atoms with Crippen molar-refractivity contribution in [3.63, 3.8) is 0 Å². The van der Waals surface area contributed by atoms with E-state index in [4.69, 9.17) is 18.0 Å². The minimum absolute atomic E-state index is 0.169. The van der Waals surface area contributed by atoms with Gasteiger partial charge in [0.25, 0.3) is 0 Å². The molecule has 6 heteroatoms. The van der Waals surface area contributed by atoms with Crippen LogP contribution in [0.25, 0.3) is 0 Å². The number of thiocarbonyl (C=S) groups is 1. The van der Waals surface area contributed by atoms with Gasteiger partial charge in [0.1, 0.15) is 11.5 Å². The van der Waals surface area contributed by atoms with Gasteiger partial charge in [0.15, 0.2) is 0 Å².